The molecule has 23 heavy (non-hydrogen) atoms. The summed E-state index contributed by atoms with van der Waals surface area (Å²) >= 11 is 1.57. The van der Waals surface area contributed by atoms with Crippen LogP contribution in [0.1, 0.15) is 31.0 Å². The molecule has 1 saturated heterocycles. The van der Waals surface area contributed by atoms with Crippen molar-refractivity contribution in [1.29, 1.82) is 0 Å². The van der Waals surface area contributed by atoms with Crippen LogP contribution in [0.25, 0.3) is 10.6 Å². The number of thiazole rings is 1. The summed E-state index contributed by atoms with van der Waals surface area (Å²) in [4.78, 5) is 18.7. The van der Waals surface area contributed by atoms with Crippen LogP contribution in [-0.4, -0.2) is 40.1 Å². The molecule has 1 atom stereocenters. The Labute approximate surface area is 140 Å². The predicted octanol–water partition coefficient (Wildman–Crippen LogP) is 2.90. The minimum Gasteiger partial charge on any atom is -0.391 e. The van der Waals surface area contributed by atoms with E-state index >= 15 is 0 Å². The van der Waals surface area contributed by atoms with E-state index in [1.54, 1.807) is 16.2 Å². The van der Waals surface area contributed by atoms with Crippen LogP contribution >= 0.6 is 11.3 Å². The minimum atomic E-state index is -0.379. The van der Waals surface area contributed by atoms with Crippen molar-refractivity contribution in [3.63, 3.8) is 0 Å². The highest BCUT2D eigenvalue weighted by Gasteiger charge is 2.22. The van der Waals surface area contributed by atoms with E-state index in [2.05, 4.69) is 36.2 Å². The minimum absolute atomic E-state index is 0.0573. The summed E-state index contributed by atoms with van der Waals surface area (Å²) in [5, 5.41) is 12.6. The summed E-state index contributed by atoms with van der Waals surface area (Å²) in [5.74, 6) is 0.0573. The quantitative estimate of drug-likeness (QED) is 0.938. The number of benzene rings is 1. The lowest BCUT2D eigenvalue weighted by Crippen LogP contribution is -2.42. The number of aliphatic hydroxyl groups is 1. The molecule has 1 fully saturated rings. The Morgan fingerprint density at radius 3 is 2.87 bits per heavy atom. The van der Waals surface area contributed by atoms with Gasteiger partial charge in [0.1, 0.15) is 5.01 Å². The highest BCUT2D eigenvalue weighted by molar-refractivity contribution is 7.13. The molecule has 1 aromatic heterocycles. The summed E-state index contributed by atoms with van der Waals surface area (Å²) in [5.41, 5.74) is 3.22. The van der Waals surface area contributed by atoms with Gasteiger partial charge in [-0.2, -0.15) is 0 Å². The van der Waals surface area contributed by atoms with Crippen molar-refractivity contribution in [2.45, 2.75) is 38.7 Å². The number of aryl methyl sites for hydroxylation is 1. The van der Waals surface area contributed by atoms with Gasteiger partial charge in [0.25, 0.3) is 0 Å². The van der Waals surface area contributed by atoms with Crippen LogP contribution in [0.5, 0.6) is 0 Å². The number of piperidine rings is 1. The van der Waals surface area contributed by atoms with Crippen LogP contribution < -0.4 is 0 Å². The third-order valence-electron chi connectivity index (χ3n) is 4.24. The van der Waals surface area contributed by atoms with Crippen molar-refractivity contribution in [3.8, 4) is 10.6 Å². The van der Waals surface area contributed by atoms with Crippen LogP contribution in [0.4, 0.5) is 0 Å². The fourth-order valence-electron chi connectivity index (χ4n) is 2.85. The van der Waals surface area contributed by atoms with Crippen LogP contribution in [0.15, 0.2) is 29.6 Å². The second kappa shape index (κ2) is 7.23. The molecule has 1 N–H and O–H groups in total. The van der Waals surface area contributed by atoms with Gasteiger partial charge in [0, 0.05) is 24.0 Å². The van der Waals surface area contributed by atoms with Crippen LogP contribution in [0.2, 0.25) is 0 Å². The molecule has 1 amide bonds. The Kier molecular flexibility index (Phi) is 5.08. The van der Waals surface area contributed by atoms with Crippen molar-refractivity contribution in [2.24, 2.45) is 0 Å². The summed E-state index contributed by atoms with van der Waals surface area (Å²) in [6, 6.07) is 8.42. The number of carbonyl (C=O) groups excluding carboxylic acids is 1. The number of likely N-dealkylation sites (tertiary alicyclic amines) is 1. The Hall–Kier alpha value is -1.72. The predicted molar refractivity (Wildman–Crippen MR) is 92.5 cm³/mol. The van der Waals surface area contributed by atoms with E-state index in [4.69, 9.17) is 0 Å². The number of aliphatic hydroxyl groups excluding tert-OH is 1. The van der Waals surface area contributed by atoms with E-state index in [0.29, 0.717) is 13.0 Å². The zero-order valence-corrected chi connectivity index (χ0v) is 14.2. The third-order valence-corrected chi connectivity index (χ3v) is 5.18. The standard InChI is InChI=1S/C18H22N2O2S/c1-2-13-5-7-14(8-6-13)18-19-15(12-23-18)10-17(22)20-9-3-4-16(21)11-20/h5-8,12,16,21H,2-4,9-11H2,1H3. The lowest BCUT2D eigenvalue weighted by molar-refractivity contribution is -0.133. The first kappa shape index (κ1) is 16.1. The fourth-order valence-corrected chi connectivity index (χ4v) is 3.68. The Morgan fingerprint density at radius 2 is 2.17 bits per heavy atom. The molecule has 0 spiro atoms. The lowest BCUT2D eigenvalue weighted by atomic mass is 10.1. The summed E-state index contributed by atoms with van der Waals surface area (Å²) in [6.45, 7) is 3.33. The Bertz CT molecular complexity index is 666. The maximum atomic E-state index is 12.3. The maximum Gasteiger partial charge on any atom is 0.228 e. The normalized spacial score (nSPS) is 18.2. The van der Waals surface area contributed by atoms with Gasteiger partial charge in [-0.25, -0.2) is 4.98 Å². The van der Waals surface area contributed by atoms with Gasteiger partial charge in [0.15, 0.2) is 0 Å². The molecule has 0 aliphatic carbocycles. The number of β-amino-alcohol motifs (C(OH)–C–C–N with tert-alkyl or cyclic N) is 1. The van der Waals surface area contributed by atoms with Gasteiger partial charge >= 0.3 is 0 Å². The topological polar surface area (TPSA) is 53.4 Å². The number of rotatable bonds is 4. The number of amides is 1. The van der Waals surface area contributed by atoms with Gasteiger partial charge in [-0.15, -0.1) is 11.3 Å². The number of hydrogen-bond donors (Lipinski definition) is 1. The molecule has 122 valence electrons. The smallest absolute Gasteiger partial charge is 0.228 e. The largest absolute Gasteiger partial charge is 0.391 e. The number of nitrogens with zero attached hydrogens (tertiary/aromatic N) is 2. The number of carbonyl (C=O) groups is 1. The number of aromatic nitrogens is 1. The van der Waals surface area contributed by atoms with E-state index in [-0.39, 0.29) is 12.0 Å². The first-order valence-corrected chi connectivity index (χ1v) is 9.03. The van der Waals surface area contributed by atoms with Gasteiger partial charge in [-0.3, -0.25) is 4.79 Å². The SMILES string of the molecule is CCc1ccc(-c2nc(CC(=O)N3CCCC(O)C3)cs2)cc1. The van der Waals surface area contributed by atoms with Crippen molar-refractivity contribution < 1.29 is 9.90 Å². The highest BCUT2D eigenvalue weighted by Crippen LogP contribution is 2.24. The summed E-state index contributed by atoms with van der Waals surface area (Å²) in [7, 11) is 0. The van der Waals surface area contributed by atoms with Gasteiger partial charge in [0.05, 0.1) is 18.2 Å². The summed E-state index contributed by atoms with van der Waals surface area (Å²) < 4.78 is 0. The molecular weight excluding hydrogens is 308 g/mol. The Morgan fingerprint density at radius 1 is 1.39 bits per heavy atom. The zero-order valence-electron chi connectivity index (χ0n) is 13.4. The van der Waals surface area contributed by atoms with Crippen LogP contribution in [0.3, 0.4) is 0 Å². The first-order valence-electron chi connectivity index (χ1n) is 8.15. The molecule has 1 unspecified atom stereocenters. The van der Waals surface area contributed by atoms with E-state index in [0.717, 1.165) is 42.1 Å². The molecule has 1 aliphatic rings. The van der Waals surface area contributed by atoms with E-state index in [1.807, 2.05) is 5.38 Å². The Balaban J connectivity index is 1.65. The number of hydrogen-bond acceptors (Lipinski definition) is 4. The second-order valence-corrected chi connectivity index (χ2v) is 6.87. The van der Waals surface area contributed by atoms with E-state index in [9.17, 15) is 9.90 Å². The molecule has 1 aliphatic heterocycles. The van der Waals surface area contributed by atoms with Crippen LogP contribution in [-0.2, 0) is 17.6 Å². The lowest BCUT2D eigenvalue weighted by Gasteiger charge is -2.29. The molecule has 0 radical (unpaired) electrons. The molecule has 1 aromatic carbocycles. The van der Waals surface area contributed by atoms with Gasteiger partial charge in [0.2, 0.25) is 5.91 Å². The van der Waals surface area contributed by atoms with Crippen LogP contribution in [0, 0.1) is 0 Å². The maximum absolute atomic E-state index is 12.3. The molecule has 4 nitrogen and oxygen atoms in total. The molecule has 3 rings (SSSR count). The van der Waals surface area contributed by atoms with Crippen molar-refractivity contribution >= 4 is 17.2 Å². The average molecular weight is 330 g/mol. The van der Waals surface area contributed by atoms with Gasteiger partial charge in [-0.1, -0.05) is 31.2 Å². The summed E-state index contributed by atoms with van der Waals surface area (Å²) in [6.07, 6.45) is 2.63. The van der Waals surface area contributed by atoms with Crippen molar-refractivity contribution in [1.82, 2.24) is 9.88 Å². The van der Waals surface area contributed by atoms with Gasteiger partial charge in [-0.05, 0) is 24.8 Å². The highest BCUT2D eigenvalue weighted by atomic mass is 32.1. The van der Waals surface area contributed by atoms with Crippen molar-refractivity contribution in [3.05, 3.63) is 40.9 Å². The molecule has 0 saturated carbocycles. The van der Waals surface area contributed by atoms with Gasteiger partial charge < -0.3 is 10.0 Å². The molecule has 2 heterocycles. The monoisotopic (exact) mass is 330 g/mol. The molecular formula is C18H22N2O2S. The molecule has 5 heteroatoms. The van der Waals surface area contributed by atoms with Crippen molar-refractivity contribution in [2.75, 3.05) is 13.1 Å². The molecule has 2 aromatic rings. The zero-order chi connectivity index (χ0) is 16.2. The third kappa shape index (κ3) is 3.98. The molecule has 0 bridgehead atoms. The fraction of sp³-hybridized carbons (Fsp3) is 0.444. The average Bonchev–Trinajstić information content (AvgIpc) is 3.03. The second-order valence-electron chi connectivity index (χ2n) is 6.01. The first-order chi connectivity index (χ1) is 11.2. The van der Waals surface area contributed by atoms with E-state index < -0.39 is 0 Å². The van der Waals surface area contributed by atoms with E-state index in [1.165, 1.54) is 5.56 Å².